The van der Waals surface area contributed by atoms with Crippen LogP contribution in [0.5, 0.6) is 0 Å². The number of nitrogens with one attached hydrogen (secondary N) is 2. The lowest BCUT2D eigenvalue weighted by Crippen LogP contribution is -3.15. The van der Waals surface area contributed by atoms with E-state index < -0.39 is 15.8 Å². The maximum Gasteiger partial charge on any atom is 0.275 e. The highest BCUT2D eigenvalue weighted by molar-refractivity contribution is 7.89. The Labute approximate surface area is 165 Å². The molecule has 1 saturated heterocycles. The lowest BCUT2D eigenvalue weighted by Gasteiger charge is -2.31. The third kappa shape index (κ3) is 4.95. The van der Waals surface area contributed by atoms with E-state index >= 15 is 0 Å². The molecule has 3 rings (SSSR count). The summed E-state index contributed by atoms with van der Waals surface area (Å²) in [6.07, 6.45) is 0. The Kier molecular flexibility index (Phi) is 6.43. The van der Waals surface area contributed by atoms with E-state index in [1.54, 1.807) is 0 Å². The SMILES string of the molecule is C[C@@H](NC(=O)C[NH+]1CCN(S(=O)(=O)c2ccc(F)cc2)CC1)c1ccccc1. The van der Waals surface area contributed by atoms with E-state index in [-0.39, 0.29) is 16.8 Å². The monoisotopic (exact) mass is 406 g/mol. The molecule has 1 aliphatic heterocycles. The molecule has 28 heavy (non-hydrogen) atoms. The van der Waals surface area contributed by atoms with E-state index in [1.807, 2.05) is 37.3 Å². The van der Waals surface area contributed by atoms with Crippen molar-refractivity contribution >= 4 is 15.9 Å². The second kappa shape index (κ2) is 8.81. The summed E-state index contributed by atoms with van der Waals surface area (Å²) in [7, 11) is -3.63. The average molecular weight is 407 g/mol. The maximum atomic E-state index is 13.0. The van der Waals surface area contributed by atoms with Gasteiger partial charge in [-0.1, -0.05) is 30.3 Å². The molecule has 0 saturated carbocycles. The normalized spacial score (nSPS) is 17.2. The van der Waals surface area contributed by atoms with Gasteiger partial charge in [0.05, 0.1) is 37.1 Å². The zero-order valence-corrected chi connectivity index (χ0v) is 16.6. The van der Waals surface area contributed by atoms with Crippen molar-refractivity contribution in [3.8, 4) is 0 Å². The van der Waals surface area contributed by atoms with Crippen LogP contribution in [0.4, 0.5) is 4.39 Å². The van der Waals surface area contributed by atoms with Crippen LogP contribution >= 0.6 is 0 Å². The number of piperazine rings is 1. The fourth-order valence-corrected chi connectivity index (χ4v) is 4.76. The Hall–Kier alpha value is -2.29. The molecule has 0 aromatic heterocycles. The van der Waals surface area contributed by atoms with Gasteiger partial charge in [0.15, 0.2) is 6.54 Å². The van der Waals surface area contributed by atoms with Gasteiger partial charge < -0.3 is 10.2 Å². The Morgan fingerprint density at radius 3 is 2.32 bits per heavy atom. The summed E-state index contributed by atoms with van der Waals surface area (Å²) in [6, 6.07) is 14.5. The molecule has 0 radical (unpaired) electrons. The van der Waals surface area contributed by atoms with Gasteiger partial charge >= 0.3 is 0 Å². The number of hydrogen-bond donors (Lipinski definition) is 2. The molecule has 2 N–H and O–H groups in total. The highest BCUT2D eigenvalue weighted by Crippen LogP contribution is 2.16. The second-order valence-electron chi connectivity index (χ2n) is 6.98. The van der Waals surface area contributed by atoms with Crippen LogP contribution in [0.25, 0.3) is 0 Å². The van der Waals surface area contributed by atoms with Gasteiger partial charge in [0.25, 0.3) is 5.91 Å². The average Bonchev–Trinajstić information content (AvgIpc) is 2.69. The highest BCUT2D eigenvalue weighted by atomic mass is 32.2. The number of halogens is 1. The van der Waals surface area contributed by atoms with Crippen molar-refractivity contribution in [1.29, 1.82) is 0 Å². The number of benzene rings is 2. The highest BCUT2D eigenvalue weighted by Gasteiger charge is 2.31. The Morgan fingerprint density at radius 2 is 1.71 bits per heavy atom. The number of carbonyl (C=O) groups is 1. The van der Waals surface area contributed by atoms with E-state index in [4.69, 9.17) is 0 Å². The van der Waals surface area contributed by atoms with Gasteiger partial charge in [0.1, 0.15) is 5.82 Å². The third-order valence-corrected chi connectivity index (χ3v) is 6.88. The molecule has 1 aliphatic rings. The van der Waals surface area contributed by atoms with Crippen molar-refractivity contribution < 1.29 is 22.5 Å². The number of rotatable bonds is 6. The van der Waals surface area contributed by atoms with Crippen molar-refractivity contribution in [2.24, 2.45) is 0 Å². The van der Waals surface area contributed by atoms with Crippen LogP contribution in [0.2, 0.25) is 0 Å². The van der Waals surface area contributed by atoms with Gasteiger partial charge in [-0.25, -0.2) is 12.8 Å². The molecular weight excluding hydrogens is 381 g/mol. The first kappa shape index (κ1) is 20.4. The largest absolute Gasteiger partial charge is 0.345 e. The van der Waals surface area contributed by atoms with Crippen molar-refractivity contribution in [2.75, 3.05) is 32.7 Å². The zero-order chi connectivity index (χ0) is 20.1. The van der Waals surface area contributed by atoms with Crippen LogP contribution in [-0.4, -0.2) is 51.4 Å². The number of sulfonamides is 1. The molecule has 0 aliphatic carbocycles. The van der Waals surface area contributed by atoms with Gasteiger partial charge in [-0.2, -0.15) is 4.31 Å². The molecular formula is C20H25FN3O3S+. The molecule has 2 aromatic rings. The van der Waals surface area contributed by atoms with E-state index in [9.17, 15) is 17.6 Å². The predicted octanol–water partition coefficient (Wildman–Crippen LogP) is 0.592. The molecule has 150 valence electrons. The van der Waals surface area contributed by atoms with Crippen LogP contribution in [-0.2, 0) is 14.8 Å². The smallest absolute Gasteiger partial charge is 0.275 e. The second-order valence-corrected chi connectivity index (χ2v) is 8.92. The lowest BCUT2D eigenvalue weighted by molar-refractivity contribution is -0.895. The van der Waals surface area contributed by atoms with Gasteiger partial charge in [-0.05, 0) is 36.8 Å². The molecule has 1 amide bonds. The van der Waals surface area contributed by atoms with Gasteiger partial charge in [0, 0.05) is 0 Å². The molecule has 1 heterocycles. The zero-order valence-electron chi connectivity index (χ0n) is 15.8. The Morgan fingerprint density at radius 1 is 1.11 bits per heavy atom. The third-order valence-electron chi connectivity index (χ3n) is 4.97. The molecule has 1 fully saturated rings. The molecule has 6 nitrogen and oxygen atoms in total. The van der Waals surface area contributed by atoms with Crippen LogP contribution in [0.1, 0.15) is 18.5 Å². The topological polar surface area (TPSA) is 70.9 Å². The van der Waals surface area contributed by atoms with Gasteiger partial charge in [-0.3, -0.25) is 4.79 Å². The minimum atomic E-state index is -3.63. The summed E-state index contributed by atoms with van der Waals surface area (Å²) < 4.78 is 39.7. The minimum Gasteiger partial charge on any atom is -0.345 e. The van der Waals surface area contributed by atoms with E-state index in [2.05, 4.69) is 5.32 Å². The quantitative estimate of drug-likeness (QED) is 0.738. The van der Waals surface area contributed by atoms with Crippen LogP contribution < -0.4 is 10.2 Å². The summed E-state index contributed by atoms with van der Waals surface area (Å²) >= 11 is 0. The molecule has 1 atom stereocenters. The van der Waals surface area contributed by atoms with Crippen molar-refractivity contribution in [2.45, 2.75) is 17.9 Å². The molecule has 8 heteroatoms. The van der Waals surface area contributed by atoms with Crippen molar-refractivity contribution in [3.05, 3.63) is 66.0 Å². The van der Waals surface area contributed by atoms with E-state index in [0.717, 1.165) is 22.6 Å². The van der Waals surface area contributed by atoms with E-state index in [1.165, 1.54) is 16.4 Å². The first-order chi connectivity index (χ1) is 13.4. The first-order valence-electron chi connectivity index (χ1n) is 9.30. The number of quaternary nitrogens is 1. The summed E-state index contributed by atoms with van der Waals surface area (Å²) in [4.78, 5) is 13.5. The van der Waals surface area contributed by atoms with Crippen molar-refractivity contribution in [3.63, 3.8) is 0 Å². The van der Waals surface area contributed by atoms with Crippen molar-refractivity contribution in [1.82, 2.24) is 9.62 Å². The molecule has 0 unspecified atom stereocenters. The van der Waals surface area contributed by atoms with Gasteiger partial charge in [0.2, 0.25) is 10.0 Å². The van der Waals surface area contributed by atoms with Crippen LogP contribution in [0.15, 0.2) is 59.5 Å². The Balaban J connectivity index is 1.51. The fraction of sp³-hybridized carbons (Fsp3) is 0.350. The Bertz CT molecular complexity index is 896. The van der Waals surface area contributed by atoms with E-state index in [0.29, 0.717) is 32.7 Å². The number of amides is 1. The maximum absolute atomic E-state index is 13.0. The fourth-order valence-electron chi connectivity index (χ4n) is 3.32. The molecule has 0 bridgehead atoms. The summed E-state index contributed by atoms with van der Waals surface area (Å²) in [6.45, 7) is 4.01. The standard InChI is InChI=1S/C20H24FN3O3S/c1-16(17-5-3-2-4-6-17)22-20(25)15-23-11-13-24(14-12-23)28(26,27)19-9-7-18(21)8-10-19/h2-10,16H,11-15H2,1H3,(H,22,25)/p+1/t16-/m1/s1. The van der Waals surface area contributed by atoms with Crippen LogP contribution in [0.3, 0.4) is 0 Å². The summed E-state index contributed by atoms with van der Waals surface area (Å²) in [5.41, 5.74) is 1.04. The number of nitrogens with zero attached hydrogens (tertiary/aromatic N) is 1. The first-order valence-corrected chi connectivity index (χ1v) is 10.7. The number of carbonyl (C=O) groups excluding carboxylic acids is 1. The number of hydrogen-bond acceptors (Lipinski definition) is 3. The van der Waals surface area contributed by atoms with Crippen LogP contribution in [0, 0.1) is 5.82 Å². The minimum absolute atomic E-state index is 0.0544. The molecule has 2 aromatic carbocycles. The lowest BCUT2D eigenvalue weighted by atomic mass is 10.1. The summed E-state index contributed by atoms with van der Waals surface area (Å²) in [5, 5.41) is 2.99. The predicted molar refractivity (Wildman–Crippen MR) is 104 cm³/mol. The van der Waals surface area contributed by atoms with Gasteiger partial charge in [-0.15, -0.1) is 0 Å². The summed E-state index contributed by atoms with van der Waals surface area (Å²) in [5.74, 6) is -0.523. The molecule has 0 spiro atoms.